The molecule has 19 heavy (non-hydrogen) atoms. The highest BCUT2D eigenvalue weighted by atomic mass is 79.9. The average molecular weight is 319 g/mol. The van der Waals surface area contributed by atoms with E-state index in [0.29, 0.717) is 0 Å². The minimum Gasteiger partial charge on any atom is -0.443 e. The molecule has 0 bridgehead atoms. The molecule has 0 aliphatic carbocycles. The number of hydrogen-bond acceptors (Lipinski definition) is 2. The summed E-state index contributed by atoms with van der Waals surface area (Å²) in [6.07, 6.45) is 0.273. The average Bonchev–Trinajstić information content (AvgIpc) is 2.40. The molecule has 98 valence electrons. The van der Waals surface area contributed by atoms with Gasteiger partial charge in [-0.25, -0.2) is 0 Å². The van der Waals surface area contributed by atoms with Crippen molar-refractivity contribution in [3.05, 3.63) is 71.8 Å². The van der Waals surface area contributed by atoms with Crippen molar-refractivity contribution in [2.45, 2.75) is 17.9 Å². The first-order valence-corrected chi connectivity index (χ1v) is 6.87. The van der Waals surface area contributed by atoms with Gasteiger partial charge in [-0.15, -0.1) is 0 Å². The molecule has 2 nitrogen and oxygen atoms in total. The lowest BCUT2D eigenvalue weighted by Gasteiger charge is -2.23. The molecule has 0 aliphatic rings. The van der Waals surface area contributed by atoms with Crippen LogP contribution in [0, 0.1) is 0 Å². The van der Waals surface area contributed by atoms with Gasteiger partial charge in [0.2, 0.25) is 0 Å². The Morgan fingerprint density at radius 2 is 1.58 bits per heavy atom. The second kappa shape index (κ2) is 6.02. The predicted octanol–water partition coefficient (Wildman–Crippen LogP) is 4.04. The Kier molecular flexibility index (Phi) is 4.38. The zero-order valence-corrected chi connectivity index (χ0v) is 12.3. The highest BCUT2D eigenvalue weighted by Gasteiger charge is 2.27. The van der Waals surface area contributed by atoms with Crippen molar-refractivity contribution in [1.82, 2.24) is 0 Å². The number of ether oxygens (including phenoxy) is 1. The summed E-state index contributed by atoms with van der Waals surface area (Å²) >= 11 is 3.46. The van der Waals surface area contributed by atoms with Crippen molar-refractivity contribution in [2.75, 3.05) is 0 Å². The highest BCUT2D eigenvalue weighted by Crippen LogP contribution is 2.32. The van der Waals surface area contributed by atoms with Gasteiger partial charge in [0.1, 0.15) is 0 Å². The van der Waals surface area contributed by atoms with Gasteiger partial charge in [0.15, 0.2) is 4.51 Å². The summed E-state index contributed by atoms with van der Waals surface area (Å²) in [5.41, 5.74) is 1.86. The zero-order chi connectivity index (χ0) is 13.7. The molecule has 0 saturated carbocycles. The first-order chi connectivity index (χ1) is 9.08. The van der Waals surface area contributed by atoms with E-state index in [9.17, 15) is 4.79 Å². The molecule has 2 aromatic rings. The standard InChI is InChI=1S/C16H15BrO2/c1-16(17,14-10-6-3-7-11-14)19-15(18)12-13-8-4-2-5-9-13/h2-11H,12H2,1H3. The lowest BCUT2D eigenvalue weighted by atomic mass is 10.1. The Hall–Kier alpha value is -1.61. The topological polar surface area (TPSA) is 26.3 Å². The molecule has 2 aromatic carbocycles. The van der Waals surface area contributed by atoms with Gasteiger partial charge in [-0.05, 0) is 28.4 Å². The summed E-state index contributed by atoms with van der Waals surface area (Å²) in [7, 11) is 0. The number of carbonyl (C=O) groups is 1. The third-order valence-electron chi connectivity index (χ3n) is 2.79. The molecule has 0 N–H and O–H groups in total. The third-order valence-corrected chi connectivity index (χ3v) is 3.41. The van der Waals surface area contributed by atoms with E-state index >= 15 is 0 Å². The second-order valence-corrected chi connectivity index (χ2v) is 5.93. The van der Waals surface area contributed by atoms with Gasteiger partial charge >= 0.3 is 5.97 Å². The van der Waals surface area contributed by atoms with E-state index in [0.717, 1.165) is 11.1 Å². The van der Waals surface area contributed by atoms with Crippen molar-refractivity contribution in [3.63, 3.8) is 0 Å². The van der Waals surface area contributed by atoms with Crippen LogP contribution < -0.4 is 0 Å². The van der Waals surface area contributed by atoms with Crippen LogP contribution in [0.25, 0.3) is 0 Å². The van der Waals surface area contributed by atoms with E-state index in [1.165, 1.54) is 0 Å². The summed E-state index contributed by atoms with van der Waals surface area (Å²) < 4.78 is 4.71. The van der Waals surface area contributed by atoms with Crippen LogP contribution in [0.15, 0.2) is 60.7 Å². The van der Waals surface area contributed by atoms with E-state index in [1.807, 2.05) is 67.6 Å². The van der Waals surface area contributed by atoms with Gasteiger partial charge in [-0.3, -0.25) is 4.79 Å². The molecule has 0 spiro atoms. The highest BCUT2D eigenvalue weighted by molar-refractivity contribution is 9.09. The molecular formula is C16H15BrO2. The van der Waals surface area contributed by atoms with Crippen LogP contribution in [0.1, 0.15) is 18.1 Å². The van der Waals surface area contributed by atoms with E-state index < -0.39 is 4.51 Å². The summed E-state index contributed by atoms with van der Waals surface area (Å²) in [5.74, 6) is -0.255. The quantitative estimate of drug-likeness (QED) is 0.628. The van der Waals surface area contributed by atoms with Crippen molar-refractivity contribution >= 4 is 21.9 Å². The number of benzene rings is 2. The van der Waals surface area contributed by atoms with Gasteiger partial charge in [-0.2, -0.15) is 0 Å². The third kappa shape index (κ3) is 3.93. The molecular weight excluding hydrogens is 304 g/mol. The first-order valence-electron chi connectivity index (χ1n) is 6.08. The lowest BCUT2D eigenvalue weighted by Crippen LogP contribution is -2.23. The molecule has 0 amide bonds. The van der Waals surface area contributed by atoms with E-state index in [2.05, 4.69) is 15.9 Å². The molecule has 2 rings (SSSR count). The van der Waals surface area contributed by atoms with Crippen LogP contribution in [0.3, 0.4) is 0 Å². The molecule has 1 unspecified atom stereocenters. The van der Waals surface area contributed by atoms with Crippen molar-refractivity contribution < 1.29 is 9.53 Å². The molecule has 0 radical (unpaired) electrons. The maximum Gasteiger partial charge on any atom is 0.311 e. The minimum absolute atomic E-state index is 0.255. The van der Waals surface area contributed by atoms with Crippen molar-refractivity contribution in [1.29, 1.82) is 0 Å². The van der Waals surface area contributed by atoms with Crippen molar-refractivity contribution in [2.24, 2.45) is 0 Å². The number of esters is 1. The van der Waals surface area contributed by atoms with Gasteiger partial charge in [0.05, 0.1) is 6.42 Å². The van der Waals surface area contributed by atoms with E-state index in [4.69, 9.17) is 4.74 Å². The molecule has 0 fully saturated rings. The van der Waals surface area contributed by atoms with Gasteiger partial charge in [0.25, 0.3) is 0 Å². The lowest BCUT2D eigenvalue weighted by molar-refractivity contribution is -0.149. The molecule has 0 heterocycles. The van der Waals surface area contributed by atoms with E-state index in [-0.39, 0.29) is 12.4 Å². The van der Waals surface area contributed by atoms with Gasteiger partial charge in [0, 0.05) is 5.56 Å². The summed E-state index contributed by atoms with van der Waals surface area (Å²) in [6, 6.07) is 19.2. The number of alkyl halides is 1. The number of hydrogen-bond donors (Lipinski definition) is 0. The van der Waals surface area contributed by atoms with Crippen LogP contribution in [-0.2, 0) is 20.5 Å². The van der Waals surface area contributed by atoms with Crippen LogP contribution in [0.5, 0.6) is 0 Å². The Labute approximate surface area is 121 Å². The molecule has 0 aromatic heterocycles. The van der Waals surface area contributed by atoms with Crippen LogP contribution in [-0.4, -0.2) is 5.97 Å². The first kappa shape index (κ1) is 13.8. The van der Waals surface area contributed by atoms with Gasteiger partial charge < -0.3 is 4.74 Å². The number of rotatable bonds is 4. The monoisotopic (exact) mass is 318 g/mol. The Morgan fingerprint density at radius 1 is 1.05 bits per heavy atom. The van der Waals surface area contributed by atoms with Crippen LogP contribution in [0.2, 0.25) is 0 Å². The maximum absolute atomic E-state index is 11.9. The zero-order valence-electron chi connectivity index (χ0n) is 10.7. The Balaban J connectivity index is 2.02. The van der Waals surface area contributed by atoms with Crippen molar-refractivity contribution in [3.8, 4) is 0 Å². The SMILES string of the molecule is CC(Br)(OC(=O)Cc1ccccc1)c1ccccc1. The minimum atomic E-state index is -0.792. The summed E-state index contributed by atoms with van der Waals surface area (Å²) in [6.45, 7) is 1.82. The Bertz CT molecular complexity index is 535. The fourth-order valence-corrected chi connectivity index (χ4v) is 2.25. The summed E-state index contributed by atoms with van der Waals surface area (Å²) in [5, 5.41) is 0. The molecule has 0 aliphatic heterocycles. The fourth-order valence-electron chi connectivity index (χ4n) is 1.81. The number of halogens is 1. The largest absolute Gasteiger partial charge is 0.443 e. The smallest absolute Gasteiger partial charge is 0.311 e. The fraction of sp³-hybridized carbons (Fsp3) is 0.188. The summed E-state index contributed by atoms with van der Waals surface area (Å²) in [4.78, 5) is 11.9. The molecule has 1 atom stereocenters. The Morgan fingerprint density at radius 3 is 2.16 bits per heavy atom. The second-order valence-electron chi connectivity index (χ2n) is 4.42. The predicted molar refractivity (Wildman–Crippen MR) is 79.0 cm³/mol. The van der Waals surface area contributed by atoms with Crippen LogP contribution >= 0.6 is 15.9 Å². The van der Waals surface area contributed by atoms with Gasteiger partial charge in [-0.1, -0.05) is 60.7 Å². The number of carbonyl (C=O) groups excluding carboxylic acids is 1. The molecule has 0 saturated heterocycles. The van der Waals surface area contributed by atoms with E-state index in [1.54, 1.807) is 0 Å². The normalized spacial score (nSPS) is 13.6. The van der Waals surface area contributed by atoms with Crippen LogP contribution in [0.4, 0.5) is 0 Å². The molecule has 3 heteroatoms. The maximum atomic E-state index is 11.9.